The first-order valence-electron chi connectivity index (χ1n) is 7.59. The molecule has 0 aliphatic carbocycles. The number of carbonyl (C=O) groups is 2. The van der Waals surface area contributed by atoms with E-state index in [1.54, 1.807) is 13.0 Å². The van der Waals surface area contributed by atoms with Crippen molar-refractivity contribution in [2.45, 2.75) is 32.6 Å². The lowest BCUT2D eigenvalue weighted by Crippen LogP contribution is -2.29. The smallest absolute Gasteiger partial charge is 0.320 e. The van der Waals surface area contributed by atoms with E-state index in [1.807, 2.05) is 37.3 Å². The van der Waals surface area contributed by atoms with Crippen LogP contribution in [0, 0.1) is 5.92 Å². The first-order valence-corrected chi connectivity index (χ1v) is 7.59. The molecule has 1 rings (SSSR count). The van der Waals surface area contributed by atoms with E-state index >= 15 is 0 Å². The third kappa shape index (κ3) is 5.72. The molecule has 0 heterocycles. The van der Waals surface area contributed by atoms with E-state index in [2.05, 4.69) is 6.58 Å². The van der Waals surface area contributed by atoms with Crippen LogP contribution in [0.4, 0.5) is 0 Å². The van der Waals surface area contributed by atoms with Gasteiger partial charge < -0.3 is 9.47 Å². The molecule has 0 aliphatic rings. The zero-order chi connectivity index (χ0) is 16.4. The molecule has 0 radical (unpaired) electrons. The Labute approximate surface area is 132 Å². The monoisotopic (exact) mass is 304 g/mol. The van der Waals surface area contributed by atoms with Crippen molar-refractivity contribution in [3.63, 3.8) is 0 Å². The minimum Gasteiger partial charge on any atom is -0.465 e. The average Bonchev–Trinajstić information content (AvgIpc) is 2.54. The number of benzene rings is 1. The van der Waals surface area contributed by atoms with Crippen LogP contribution in [0.2, 0.25) is 0 Å². The van der Waals surface area contributed by atoms with E-state index in [0.29, 0.717) is 12.8 Å². The fourth-order valence-corrected chi connectivity index (χ4v) is 2.04. The molecular formula is C18H24O4. The minimum atomic E-state index is -0.874. The van der Waals surface area contributed by atoms with Gasteiger partial charge in [-0.1, -0.05) is 43.3 Å². The second kappa shape index (κ2) is 9.77. The van der Waals surface area contributed by atoms with Crippen molar-refractivity contribution in [3.8, 4) is 0 Å². The summed E-state index contributed by atoms with van der Waals surface area (Å²) in [6.07, 6.45) is 2.60. The van der Waals surface area contributed by atoms with Crippen LogP contribution < -0.4 is 0 Å². The summed E-state index contributed by atoms with van der Waals surface area (Å²) in [5.74, 6) is -1.85. The highest BCUT2D eigenvalue weighted by Gasteiger charge is 2.29. The summed E-state index contributed by atoms with van der Waals surface area (Å²) in [6, 6.07) is 9.80. The number of hydrogen-bond acceptors (Lipinski definition) is 4. The van der Waals surface area contributed by atoms with Gasteiger partial charge >= 0.3 is 11.9 Å². The van der Waals surface area contributed by atoms with Gasteiger partial charge in [-0.05, 0) is 25.3 Å². The number of hydrogen-bond donors (Lipinski definition) is 0. The highest BCUT2D eigenvalue weighted by Crippen LogP contribution is 2.17. The van der Waals surface area contributed by atoms with Crippen LogP contribution in [0.1, 0.15) is 38.2 Å². The third-order valence-electron chi connectivity index (χ3n) is 3.36. The molecule has 4 heteroatoms. The molecule has 120 valence electrons. The van der Waals surface area contributed by atoms with E-state index in [-0.39, 0.29) is 19.1 Å². The van der Waals surface area contributed by atoms with Gasteiger partial charge in [0.2, 0.25) is 0 Å². The second-order valence-electron chi connectivity index (χ2n) is 5.11. The number of allylic oxidation sites excluding steroid dienone is 1. The summed E-state index contributed by atoms with van der Waals surface area (Å²) in [4.78, 5) is 24.0. The molecule has 1 aromatic rings. The lowest BCUT2D eigenvalue weighted by Gasteiger charge is -2.17. The lowest BCUT2D eigenvalue weighted by atomic mass is 10.0. The molecule has 0 aliphatic heterocycles. The Kier molecular flexibility index (Phi) is 7.97. The van der Waals surface area contributed by atoms with Crippen molar-refractivity contribution < 1.29 is 19.1 Å². The maximum absolute atomic E-state index is 12.1. The predicted molar refractivity (Wildman–Crippen MR) is 85.4 cm³/mol. The van der Waals surface area contributed by atoms with E-state index in [4.69, 9.17) is 9.47 Å². The molecule has 4 nitrogen and oxygen atoms in total. The standard InChI is InChI=1S/C18H24O4/c1-4-6-12-16(17(19)21-5-2)18(20)22-13-14(3)15-10-8-7-9-11-15/h4,7-11,14,16H,1,5-6,12-13H2,2-3H3. The molecule has 0 bridgehead atoms. The van der Waals surface area contributed by atoms with Gasteiger partial charge in [0.05, 0.1) is 13.2 Å². The van der Waals surface area contributed by atoms with Crippen molar-refractivity contribution in [2.24, 2.45) is 5.92 Å². The summed E-state index contributed by atoms with van der Waals surface area (Å²) < 4.78 is 10.3. The summed E-state index contributed by atoms with van der Waals surface area (Å²) in [5, 5.41) is 0. The van der Waals surface area contributed by atoms with Crippen LogP contribution >= 0.6 is 0 Å². The third-order valence-corrected chi connectivity index (χ3v) is 3.36. The molecule has 0 aromatic heterocycles. The Morgan fingerprint density at radius 3 is 2.41 bits per heavy atom. The van der Waals surface area contributed by atoms with Crippen LogP contribution in [0.25, 0.3) is 0 Å². The van der Waals surface area contributed by atoms with Gasteiger partial charge in [0.25, 0.3) is 0 Å². The molecule has 22 heavy (non-hydrogen) atoms. The molecule has 0 amide bonds. The maximum atomic E-state index is 12.1. The van der Waals surface area contributed by atoms with Crippen molar-refractivity contribution in [1.82, 2.24) is 0 Å². The summed E-state index contributed by atoms with van der Waals surface area (Å²) >= 11 is 0. The molecule has 1 aromatic carbocycles. The topological polar surface area (TPSA) is 52.6 Å². The van der Waals surface area contributed by atoms with Gasteiger partial charge in [0.15, 0.2) is 5.92 Å². The molecule has 2 unspecified atom stereocenters. The normalized spacial score (nSPS) is 13.0. The Morgan fingerprint density at radius 2 is 1.82 bits per heavy atom. The zero-order valence-electron chi connectivity index (χ0n) is 13.3. The van der Waals surface area contributed by atoms with Crippen molar-refractivity contribution in [3.05, 3.63) is 48.6 Å². The lowest BCUT2D eigenvalue weighted by molar-refractivity contribution is -0.162. The zero-order valence-corrected chi connectivity index (χ0v) is 13.3. The fourth-order valence-electron chi connectivity index (χ4n) is 2.04. The highest BCUT2D eigenvalue weighted by atomic mass is 16.6. The Balaban J connectivity index is 2.58. The summed E-state index contributed by atoms with van der Waals surface area (Å²) in [7, 11) is 0. The van der Waals surface area contributed by atoms with Crippen LogP contribution in [0.15, 0.2) is 43.0 Å². The molecule has 0 saturated carbocycles. The molecule has 0 saturated heterocycles. The van der Waals surface area contributed by atoms with Crippen LogP contribution in [0.5, 0.6) is 0 Å². The SMILES string of the molecule is C=CCCC(C(=O)OCC)C(=O)OCC(C)c1ccccc1. The molecular weight excluding hydrogens is 280 g/mol. The maximum Gasteiger partial charge on any atom is 0.320 e. The number of carbonyl (C=O) groups excluding carboxylic acids is 2. The molecule has 0 N–H and O–H groups in total. The quantitative estimate of drug-likeness (QED) is 0.398. The summed E-state index contributed by atoms with van der Waals surface area (Å²) in [5.41, 5.74) is 1.09. The molecule has 0 spiro atoms. The van der Waals surface area contributed by atoms with Gasteiger partial charge in [-0.2, -0.15) is 0 Å². The fraction of sp³-hybridized carbons (Fsp3) is 0.444. The van der Waals surface area contributed by atoms with Gasteiger partial charge in [0, 0.05) is 5.92 Å². The highest BCUT2D eigenvalue weighted by molar-refractivity contribution is 5.94. The van der Waals surface area contributed by atoms with Crippen molar-refractivity contribution in [2.75, 3.05) is 13.2 Å². The van der Waals surface area contributed by atoms with E-state index in [9.17, 15) is 9.59 Å². The van der Waals surface area contributed by atoms with Gasteiger partial charge in [0.1, 0.15) is 0 Å². The van der Waals surface area contributed by atoms with Crippen LogP contribution in [-0.4, -0.2) is 25.2 Å². The van der Waals surface area contributed by atoms with Crippen molar-refractivity contribution >= 4 is 11.9 Å². The summed E-state index contributed by atoms with van der Waals surface area (Å²) in [6.45, 7) is 7.79. The van der Waals surface area contributed by atoms with Gasteiger partial charge in [-0.15, -0.1) is 6.58 Å². The van der Waals surface area contributed by atoms with Crippen molar-refractivity contribution in [1.29, 1.82) is 0 Å². The minimum absolute atomic E-state index is 0.0763. The number of esters is 2. The van der Waals surface area contributed by atoms with E-state index in [1.165, 1.54) is 0 Å². The Morgan fingerprint density at radius 1 is 1.18 bits per heavy atom. The number of ether oxygens (including phenoxy) is 2. The van der Waals surface area contributed by atoms with Crippen LogP contribution in [0.3, 0.4) is 0 Å². The Hall–Kier alpha value is -2.10. The van der Waals surface area contributed by atoms with Gasteiger partial charge in [-0.25, -0.2) is 0 Å². The van der Waals surface area contributed by atoms with E-state index < -0.39 is 17.9 Å². The first-order chi connectivity index (χ1) is 10.6. The van der Waals surface area contributed by atoms with Crippen LogP contribution in [-0.2, 0) is 19.1 Å². The number of rotatable bonds is 9. The largest absolute Gasteiger partial charge is 0.465 e. The predicted octanol–water partition coefficient (Wildman–Crippen LogP) is 3.48. The average molecular weight is 304 g/mol. The second-order valence-corrected chi connectivity index (χ2v) is 5.11. The molecule has 0 fully saturated rings. The van der Waals surface area contributed by atoms with Gasteiger partial charge in [-0.3, -0.25) is 9.59 Å². The first kappa shape index (κ1) is 18.0. The van der Waals surface area contributed by atoms with E-state index in [0.717, 1.165) is 5.56 Å². The molecule has 2 atom stereocenters. The Bertz CT molecular complexity index is 481.